The zero-order chi connectivity index (χ0) is 17.6. The molecule has 2 N–H and O–H groups in total. The molecule has 6 nitrogen and oxygen atoms in total. The number of benzene rings is 2. The Bertz CT molecular complexity index is 866. The topological polar surface area (TPSA) is 83.7 Å². The number of hydrogen-bond acceptors (Lipinski definition) is 4. The van der Waals surface area contributed by atoms with Gasteiger partial charge in [0, 0.05) is 13.1 Å². The molecule has 3 amide bonds. The van der Waals surface area contributed by atoms with Crippen molar-refractivity contribution in [1.82, 2.24) is 0 Å². The average Bonchev–Trinajstić information content (AvgIpc) is 3.23. The first-order chi connectivity index (χ1) is 12.1. The van der Waals surface area contributed by atoms with E-state index in [1.807, 2.05) is 0 Å². The van der Waals surface area contributed by atoms with Crippen LogP contribution >= 0.6 is 0 Å². The molecular formula is C19H17N3O3. The highest BCUT2D eigenvalue weighted by Gasteiger charge is 2.36. The summed E-state index contributed by atoms with van der Waals surface area (Å²) < 4.78 is 0. The average molecular weight is 335 g/mol. The van der Waals surface area contributed by atoms with Crippen molar-refractivity contribution in [3.8, 4) is 0 Å². The Balaban J connectivity index is 1.79. The number of primary amides is 1. The van der Waals surface area contributed by atoms with Crippen molar-refractivity contribution in [2.45, 2.75) is 12.8 Å². The Kier molecular flexibility index (Phi) is 3.53. The lowest BCUT2D eigenvalue weighted by Crippen LogP contribution is -2.30. The zero-order valence-corrected chi connectivity index (χ0v) is 13.6. The Morgan fingerprint density at radius 1 is 0.920 bits per heavy atom. The van der Waals surface area contributed by atoms with E-state index in [1.165, 1.54) is 0 Å². The van der Waals surface area contributed by atoms with Crippen LogP contribution in [-0.2, 0) is 0 Å². The van der Waals surface area contributed by atoms with E-state index in [4.69, 9.17) is 5.73 Å². The second-order valence-electron chi connectivity index (χ2n) is 6.25. The molecule has 0 aliphatic carbocycles. The summed E-state index contributed by atoms with van der Waals surface area (Å²) in [6.07, 6.45) is 2.07. The van der Waals surface area contributed by atoms with Crippen LogP contribution in [0.15, 0.2) is 42.5 Å². The lowest BCUT2D eigenvalue weighted by Gasteiger charge is -2.23. The van der Waals surface area contributed by atoms with Gasteiger partial charge in [0.15, 0.2) is 0 Å². The lowest BCUT2D eigenvalue weighted by molar-refractivity contribution is 0.0925. The van der Waals surface area contributed by atoms with E-state index in [9.17, 15) is 14.4 Å². The van der Waals surface area contributed by atoms with Gasteiger partial charge >= 0.3 is 0 Å². The van der Waals surface area contributed by atoms with Crippen LogP contribution in [-0.4, -0.2) is 30.8 Å². The van der Waals surface area contributed by atoms with Crippen molar-refractivity contribution in [2.75, 3.05) is 22.9 Å². The van der Waals surface area contributed by atoms with Crippen LogP contribution in [0.3, 0.4) is 0 Å². The van der Waals surface area contributed by atoms with Crippen molar-refractivity contribution < 1.29 is 14.4 Å². The summed E-state index contributed by atoms with van der Waals surface area (Å²) in [5.41, 5.74) is 7.83. The van der Waals surface area contributed by atoms with Crippen molar-refractivity contribution in [3.05, 3.63) is 59.2 Å². The van der Waals surface area contributed by atoms with Gasteiger partial charge in [0.2, 0.25) is 0 Å². The third-order valence-electron chi connectivity index (χ3n) is 4.75. The molecular weight excluding hydrogens is 318 g/mol. The fourth-order valence-corrected chi connectivity index (χ4v) is 3.51. The summed E-state index contributed by atoms with van der Waals surface area (Å²) in [6, 6.07) is 11.7. The third kappa shape index (κ3) is 2.38. The van der Waals surface area contributed by atoms with E-state index < -0.39 is 5.91 Å². The minimum atomic E-state index is -0.518. The van der Waals surface area contributed by atoms with Crippen LogP contribution in [0.5, 0.6) is 0 Å². The monoisotopic (exact) mass is 335 g/mol. The highest BCUT2D eigenvalue weighted by Crippen LogP contribution is 2.33. The Hall–Kier alpha value is -3.15. The van der Waals surface area contributed by atoms with Gasteiger partial charge in [-0.1, -0.05) is 12.1 Å². The number of amides is 3. The van der Waals surface area contributed by atoms with Crippen LogP contribution in [0.1, 0.15) is 43.9 Å². The fraction of sp³-hybridized carbons (Fsp3) is 0.211. The predicted octanol–water partition coefficient (Wildman–Crippen LogP) is 2.19. The third-order valence-corrected chi connectivity index (χ3v) is 4.75. The summed E-state index contributed by atoms with van der Waals surface area (Å²) in [7, 11) is 0. The van der Waals surface area contributed by atoms with Crippen molar-refractivity contribution in [2.24, 2.45) is 5.73 Å². The molecule has 0 spiro atoms. The molecule has 0 atom stereocenters. The van der Waals surface area contributed by atoms with Crippen LogP contribution < -0.4 is 15.5 Å². The molecule has 0 saturated carbocycles. The number of carbonyl (C=O) groups excluding carboxylic acids is 3. The maximum atomic E-state index is 12.7. The molecule has 6 heteroatoms. The normalized spacial score (nSPS) is 16.5. The van der Waals surface area contributed by atoms with Gasteiger partial charge in [-0.05, 0) is 43.2 Å². The van der Waals surface area contributed by atoms with Crippen molar-refractivity contribution in [1.29, 1.82) is 0 Å². The Morgan fingerprint density at radius 2 is 1.52 bits per heavy atom. The SMILES string of the molecule is NC(=O)c1ccc(N2C(=O)c3ccccc3C2=O)cc1N1CCCC1. The van der Waals surface area contributed by atoms with E-state index >= 15 is 0 Å². The number of anilines is 2. The van der Waals surface area contributed by atoms with E-state index in [2.05, 4.69) is 4.90 Å². The lowest BCUT2D eigenvalue weighted by atomic mass is 10.1. The van der Waals surface area contributed by atoms with Gasteiger partial charge < -0.3 is 10.6 Å². The van der Waals surface area contributed by atoms with E-state index in [-0.39, 0.29) is 11.8 Å². The molecule has 0 radical (unpaired) electrons. The first-order valence-corrected chi connectivity index (χ1v) is 8.24. The maximum absolute atomic E-state index is 12.7. The van der Waals surface area contributed by atoms with Gasteiger partial charge in [0.25, 0.3) is 17.7 Å². The molecule has 2 aromatic carbocycles. The number of rotatable bonds is 3. The number of fused-ring (bicyclic) bond motifs is 1. The second kappa shape index (κ2) is 5.73. The summed E-state index contributed by atoms with van der Waals surface area (Å²) in [6.45, 7) is 1.65. The summed E-state index contributed by atoms with van der Waals surface area (Å²) in [5.74, 6) is -1.21. The van der Waals surface area contributed by atoms with Crippen LogP contribution in [0.25, 0.3) is 0 Å². The molecule has 0 unspecified atom stereocenters. The van der Waals surface area contributed by atoms with Crippen molar-refractivity contribution in [3.63, 3.8) is 0 Å². The molecule has 0 bridgehead atoms. The molecule has 2 aromatic rings. The van der Waals surface area contributed by atoms with E-state index in [0.29, 0.717) is 28.1 Å². The van der Waals surface area contributed by atoms with Gasteiger partial charge in [-0.2, -0.15) is 0 Å². The molecule has 1 fully saturated rings. The Morgan fingerprint density at radius 3 is 2.08 bits per heavy atom. The van der Waals surface area contributed by atoms with E-state index in [0.717, 1.165) is 30.8 Å². The summed E-state index contributed by atoms with van der Waals surface area (Å²) >= 11 is 0. The Labute approximate surface area is 144 Å². The van der Waals surface area contributed by atoms with Gasteiger partial charge in [-0.3, -0.25) is 14.4 Å². The molecule has 2 aliphatic heterocycles. The first-order valence-electron chi connectivity index (χ1n) is 8.24. The summed E-state index contributed by atoms with van der Waals surface area (Å²) in [4.78, 5) is 40.3. The quantitative estimate of drug-likeness (QED) is 0.872. The molecule has 4 rings (SSSR count). The number of carbonyl (C=O) groups is 3. The van der Waals surface area contributed by atoms with Crippen LogP contribution in [0.2, 0.25) is 0 Å². The van der Waals surface area contributed by atoms with Gasteiger partial charge in [0.1, 0.15) is 0 Å². The smallest absolute Gasteiger partial charge is 0.266 e. The second-order valence-corrected chi connectivity index (χ2v) is 6.25. The minimum Gasteiger partial charge on any atom is -0.371 e. The first kappa shape index (κ1) is 15.4. The minimum absolute atomic E-state index is 0.347. The molecule has 25 heavy (non-hydrogen) atoms. The number of nitrogens with zero attached hydrogens (tertiary/aromatic N) is 2. The fourth-order valence-electron chi connectivity index (χ4n) is 3.51. The maximum Gasteiger partial charge on any atom is 0.266 e. The molecule has 126 valence electrons. The van der Waals surface area contributed by atoms with Crippen LogP contribution in [0, 0.1) is 0 Å². The van der Waals surface area contributed by atoms with Crippen LogP contribution in [0.4, 0.5) is 11.4 Å². The number of hydrogen-bond donors (Lipinski definition) is 1. The molecule has 1 saturated heterocycles. The predicted molar refractivity (Wildman–Crippen MR) is 94.0 cm³/mol. The highest BCUT2D eigenvalue weighted by molar-refractivity contribution is 6.34. The summed E-state index contributed by atoms with van der Waals surface area (Å²) in [5, 5.41) is 0. The standard InChI is InChI=1S/C19H17N3O3/c20-17(23)15-8-7-12(11-16(15)21-9-3-4-10-21)22-18(24)13-5-1-2-6-14(13)19(22)25/h1-2,5-8,11H,3-4,9-10H2,(H2,20,23). The van der Waals surface area contributed by atoms with Gasteiger partial charge in [-0.25, -0.2) is 4.90 Å². The number of nitrogens with two attached hydrogens (primary N) is 1. The molecule has 0 aromatic heterocycles. The largest absolute Gasteiger partial charge is 0.371 e. The molecule has 2 heterocycles. The van der Waals surface area contributed by atoms with Crippen molar-refractivity contribution >= 4 is 29.1 Å². The highest BCUT2D eigenvalue weighted by atomic mass is 16.2. The van der Waals surface area contributed by atoms with Gasteiger partial charge in [0.05, 0.1) is 28.1 Å². The number of imide groups is 1. The zero-order valence-electron chi connectivity index (χ0n) is 13.6. The van der Waals surface area contributed by atoms with E-state index in [1.54, 1.807) is 42.5 Å². The molecule has 2 aliphatic rings. The van der Waals surface area contributed by atoms with Gasteiger partial charge in [-0.15, -0.1) is 0 Å².